The van der Waals surface area contributed by atoms with Crippen LogP contribution in [0, 0.1) is 11.6 Å². The number of aliphatic hydroxyl groups excluding tert-OH is 1. The molecule has 0 spiro atoms. The maximum absolute atomic E-state index is 14.5. The topological polar surface area (TPSA) is 198 Å². The molecule has 5 N–H and O–H groups in total. The van der Waals surface area contributed by atoms with Gasteiger partial charge in [0.15, 0.2) is 17.8 Å². The van der Waals surface area contributed by atoms with E-state index in [-0.39, 0.29) is 63.7 Å². The van der Waals surface area contributed by atoms with Gasteiger partial charge in [-0.15, -0.1) is 0 Å². The fourth-order valence-electron chi connectivity index (χ4n) is 14.5. The Morgan fingerprint density at radius 2 is 0.765 bits per heavy atom. The molecule has 0 saturated heterocycles. The quantitative estimate of drug-likeness (QED) is 0.0244. The van der Waals surface area contributed by atoms with Crippen LogP contribution < -0.4 is 10.6 Å². The Morgan fingerprint density at radius 3 is 1.12 bits per heavy atom. The Morgan fingerprint density at radius 1 is 0.435 bits per heavy atom. The van der Waals surface area contributed by atoms with Crippen LogP contribution in [0.5, 0.6) is 0 Å². The Bertz CT molecular complexity index is 5210. The monoisotopic (exact) mass is 1540 g/mol. The Hall–Kier alpha value is -12.7. The summed E-state index contributed by atoms with van der Waals surface area (Å²) in [4.78, 5) is 65.0. The first-order chi connectivity index (χ1) is 54.7. The van der Waals surface area contributed by atoms with Crippen LogP contribution >= 0.6 is 0 Å². The highest BCUT2D eigenvalue weighted by Gasteiger charge is 2.45. The maximum Gasteiger partial charge on any atom is 0.309 e. The number of para-hydroxylation sites is 2. The lowest BCUT2D eigenvalue weighted by molar-refractivity contribution is -0.165. The van der Waals surface area contributed by atoms with E-state index in [1.807, 2.05) is 269 Å². The van der Waals surface area contributed by atoms with Crippen molar-refractivity contribution in [1.29, 1.82) is 0 Å². The summed E-state index contributed by atoms with van der Waals surface area (Å²) < 4.78 is 43.8. The van der Waals surface area contributed by atoms with Crippen LogP contribution in [0.2, 0.25) is 0 Å². The van der Waals surface area contributed by atoms with E-state index in [4.69, 9.17) is 9.47 Å². The molecule has 0 aliphatic rings. The molecule has 13 aromatic rings. The number of hydrogen-bond acceptors (Lipinski definition) is 10. The predicted molar refractivity (Wildman–Crippen MR) is 455 cm³/mol. The van der Waals surface area contributed by atoms with E-state index in [9.17, 15) is 48.1 Å². The number of nitrogens with zero attached hydrogens (tertiary/aromatic N) is 2. The second-order valence-electron chi connectivity index (χ2n) is 28.3. The molecule has 0 aliphatic carbocycles. The lowest BCUT2D eigenvalue weighted by Crippen LogP contribution is -2.38. The van der Waals surface area contributed by atoms with Crippen molar-refractivity contribution in [1.82, 2.24) is 9.13 Å². The Kier molecular flexibility index (Phi) is 30.5. The van der Waals surface area contributed by atoms with Crippen LogP contribution in [0.25, 0.3) is 44.8 Å². The normalized spacial score (nSPS) is 12.3. The Balaban J connectivity index is 0.000000226. The van der Waals surface area contributed by atoms with Gasteiger partial charge < -0.3 is 49.4 Å². The summed E-state index contributed by atoms with van der Waals surface area (Å²) in [5, 5.41) is 41.3. The zero-order valence-corrected chi connectivity index (χ0v) is 63.9. The van der Waals surface area contributed by atoms with Crippen LogP contribution in [0.15, 0.2) is 322 Å². The molecule has 2 heterocycles. The van der Waals surface area contributed by atoms with Crippen molar-refractivity contribution < 1.29 is 57.5 Å². The van der Waals surface area contributed by atoms with Gasteiger partial charge in [-0.2, -0.15) is 0 Å². The van der Waals surface area contributed by atoms with Gasteiger partial charge >= 0.3 is 11.9 Å². The molecular weight excluding hydrogens is 1440 g/mol. The summed E-state index contributed by atoms with van der Waals surface area (Å²) in [5.41, 5.74) is 10.1. The van der Waals surface area contributed by atoms with E-state index < -0.39 is 47.3 Å². The zero-order valence-electron chi connectivity index (χ0n) is 63.9. The van der Waals surface area contributed by atoms with Crippen molar-refractivity contribution in [3.8, 4) is 44.8 Å². The lowest BCUT2D eigenvalue weighted by atomic mass is 9.79. The largest absolute Gasteiger partial charge is 0.454 e. The minimum absolute atomic E-state index is 0. The number of esters is 2. The average Bonchev–Trinajstić information content (AvgIpc) is 1.58. The minimum atomic E-state index is -1.77. The molecule has 11 aromatic carbocycles. The van der Waals surface area contributed by atoms with Crippen LogP contribution in [-0.4, -0.2) is 60.6 Å². The van der Waals surface area contributed by atoms with Crippen molar-refractivity contribution >= 4 is 41.4 Å². The van der Waals surface area contributed by atoms with Crippen LogP contribution in [-0.2, 0) is 48.1 Å². The Labute approximate surface area is 673 Å². The third-order valence-electron chi connectivity index (χ3n) is 19.6. The standard InChI is InChI=1S/C51H47FN2O5.C29H27FN2O2.C17H18O3.2CH4/c1-35(2)47-46(50(57)53-42-26-16-7-17-27-42)45(36-18-8-3-9-19-36)48(37-28-30-41(52)31-29-37)54(47)33-32-43(55)34-44(56)59-49(38-20-10-4-11-21-38)51(58,39-22-12-5-13-23-39)40-24-14-6-15-25-40;1-20(2)27-26(29(34)31-24-12-7-4-8-13-24)25(21-10-5-3-6-11-21)28(32(27)18-9-19-33)22-14-16-23(30)17-15-22;1-13(18)20-16(14-9-5-3-6-10-14)17(2,19)15-11-7-4-8-12-15;;/h3-31,35,43,49,55,58H,32-34H2,1-2H3,(H,53,57);3-8,10-17,19-20H,9,18H2,1-2H3,(H,31,34);3-12,16,19H,1-2H3;2*1H4/t43-,49+;;16-,17?;;/m1.0../s1. The van der Waals surface area contributed by atoms with Gasteiger partial charge in [0.05, 0.1) is 35.0 Å². The summed E-state index contributed by atoms with van der Waals surface area (Å²) in [5.74, 6) is -2.53. The van der Waals surface area contributed by atoms with Crippen molar-refractivity contribution in [2.75, 3.05) is 10.6 Å². The molecule has 2 aromatic heterocycles. The number of aldehydes is 1. The molecule has 0 aliphatic heterocycles. The second kappa shape index (κ2) is 40.6. The molecule has 4 atom stereocenters. The van der Waals surface area contributed by atoms with E-state index in [2.05, 4.69) is 15.2 Å². The molecule has 0 saturated carbocycles. The molecule has 0 fully saturated rings. The number of rotatable bonds is 27. The van der Waals surface area contributed by atoms with E-state index in [1.54, 1.807) is 67.6 Å². The number of aromatic nitrogens is 2. The van der Waals surface area contributed by atoms with Gasteiger partial charge in [0.25, 0.3) is 11.8 Å². The van der Waals surface area contributed by atoms with E-state index in [0.29, 0.717) is 74.5 Å². The first-order valence-corrected chi connectivity index (χ1v) is 37.8. The van der Waals surface area contributed by atoms with Crippen LogP contribution in [0.4, 0.5) is 20.2 Å². The molecule has 590 valence electrons. The van der Waals surface area contributed by atoms with Gasteiger partial charge in [-0.1, -0.05) is 291 Å². The second-order valence-corrected chi connectivity index (χ2v) is 28.3. The number of benzene rings is 11. The summed E-state index contributed by atoms with van der Waals surface area (Å²) >= 11 is 0. The molecule has 13 rings (SSSR count). The van der Waals surface area contributed by atoms with Crippen molar-refractivity contribution in [2.45, 2.75) is 130 Å². The van der Waals surface area contributed by atoms with E-state index >= 15 is 0 Å². The first-order valence-electron chi connectivity index (χ1n) is 37.8. The molecule has 2 amide bonds. The molecule has 0 bridgehead atoms. The molecular formula is C99H100F2N4O10. The maximum atomic E-state index is 14.5. The molecule has 14 nitrogen and oxygen atoms in total. The zero-order chi connectivity index (χ0) is 80.0. The third kappa shape index (κ3) is 20.9. The number of anilines is 2. The molecule has 16 heteroatoms. The number of aliphatic hydroxyl groups is 3. The average molecular weight is 1540 g/mol. The number of ether oxygens (including phenoxy) is 2. The lowest BCUT2D eigenvalue weighted by Gasteiger charge is -2.37. The summed E-state index contributed by atoms with van der Waals surface area (Å²) in [6.07, 6.45) is -2.13. The van der Waals surface area contributed by atoms with Gasteiger partial charge in [0.1, 0.15) is 23.5 Å². The number of halogens is 2. The SMILES string of the molecule is C.C.CC(=O)O[C@@H](c1ccccc1)C(C)(O)c1ccccc1.CC(C)c1c(C(=O)Nc2ccccc2)c(-c2ccccc2)c(-c2ccc(F)cc2)n1CCC=O.CC(C)c1c(C(=O)Nc2ccccc2)c(-c2ccccc2)c(-c2ccc(F)cc2)n1CC[C@@H](O)CC(=O)O[C@@H](c1ccccc1)C(O)(c1ccccc1)c1ccccc1. The highest BCUT2D eigenvalue weighted by atomic mass is 19.1. The van der Waals surface area contributed by atoms with Crippen LogP contribution in [0.1, 0.15) is 160 Å². The van der Waals surface area contributed by atoms with E-state index in [0.717, 1.165) is 51.2 Å². The van der Waals surface area contributed by atoms with Gasteiger partial charge in [-0.05, 0) is 148 Å². The van der Waals surface area contributed by atoms with Gasteiger partial charge in [0, 0.05) is 60.3 Å². The first kappa shape index (κ1) is 86.3. The number of nitrogens with one attached hydrogen (secondary N) is 2. The van der Waals surface area contributed by atoms with Gasteiger partial charge in [-0.3, -0.25) is 19.2 Å². The fraction of sp³-hybridized carbons (Fsp3) is 0.202. The molecule has 115 heavy (non-hydrogen) atoms. The van der Waals surface area contributed by atoms with Crippen LogP contribution in [0.3, 0.4) is 0 Å². The number of carbonyl (C=O) groups excluding carboxylic acids is 5. The highest BCUT2D eigenvalue weighted by molar-refractivity contribution is 6.13. The molecule has 1 unspecified atom stereocenters. The highest BCUT2D eigenvalue weighted by Crippen LogP contribution is 2.47. The number of amides is 2. The van der Waals surface area contributed by atoms with Crippen molar-refractivity contribution in [2.24, 2.45) is 0 Å². The smallest absolute Gasteiger partial charge is 0.309 e. The minimum Gasteiger partial charge on any atom is -0.454 e. The number of hydrogen-bond donors (Lipinski definition) is 5. The summed E-state index contributed by atoms with van der Waals surface area (Å²) in [6.45, 7) is 11.7. The summed E-state index contributed by atoms with van der Waals surface area (Å²) in [7, 11) is 0. The third-order valence-corrected chi connectivity index (χ3v) is 19.6. The van der Waals surface area contributed by atoms with Crippen molar-refractivity contribution in [3.05, 3.63) is 383 Å². The van der Waals surface area contributed by atoms with E-state index in [1.165, 1.54) is 31.2 Å². The predicted octanol–water partition coefficient (Wildman–Crippen LogP) is 22.1. The molecule has 0 radical (unpaired) electrons. The van der Waals surface area contributed by atoms with Gasteiger partial charge in [0.2, 0.25) is 0 Å². The summed E-state index contributed by atoms with van der Waals surface area (Å²) in [6, 6.07) is 96.1. The van der Waals surface area contributed by atoms with Gasteiger partial charge in [-0.25, -0.2) is 8.78 Å². The van der Waals surface area contributed by atoms with Crippen molar-refractivity contribution in [3.63, 3.8) is 0 Å². The fourth-order valence-corrected chi connectivity index (χ4v) is 14.5. The number of carbonyl (C=O) groups is 5.